The Morgan fingerprint density at radius 2 is 1.69 bits per heavy atom. The van der Waals surface area contributed by atoms with Gasteiger partial charge in [0.1, 0.15) is 13.1 Å². The average molecular weight is 628 g/mol. The van der Waals surface area contributed by atoms with Crippen LogP contribution in [0.4, 0.5) is 4.39 Å². The number of nitrogens with one attached hydrogen (secondary N) is 1. The van der Waals surface area contributed by atoms with E-state index in [1.807, 2.05) is 4.90 Å². The minimum absolute atomic E-state index is 0.0398. The largest absolute Gasteiger partial charge is 0.353 e. The third-order valence-corrected chi connectivity index (χ3v) is 15.5. The highest BCUT2D eigenvalue weighted by Gasteiger charge is 2.69. The Bertz CT molecular complexity index is 1180. The van der Waals surface area contributed by atoms with Gasteiger partial charge < -0.3 is 19.7 Å². The van der Waals surface area contributed by atoms with Gasteiger partial charge in [0.05, 0.1) is 12.7 Å². The van der Waals surface area contributed by atoms with Crippen molar-refractivity contribution in [1.82, 2.24) is 15.1 Å². The van der Waals surface area contributed by atoms with Crippen molar-refractivity contribution in [1.29, 1.82) is 0 Å². The number of alkyl halides is 1. The summed E-state index contributed by atoms with van der Waals surface area (Å²) in [4.78, 5) is 29.8. The molecule has 8 fully saturated rings. The van der Waals surface area contributed by atoms with Gasteiger partial charge in [0, 0.05) is 56.5 Å². The minimum atomic E-state index is -0.337. The molecule has 12 atom stereocenters. The van der Waals surface area contributed by atoms with E-state index in [1.54, 1.807) is 0 Å². The number of fused-ring (bicyclic) bond motifs is 7. The second kappa shape index (κ2) is 10.9. The van der Waals surface area contributed by atoms with Crippen LogP contribution in [0.15, 0.2) is 0 Å². The molecule has 0 aromatic rings. The lowest BCUT2D eigenvalue weighted by Crippen LogP contribution is -2.73. The molecular weight excluding hydrogens is 569 g/mol. The van der Waals surface area contributed by atoms with Crippen LogP contribution < -0.4 is 5.32 Å². The van der Waals surface area contributed by atoms with Crippen molar-refractivity contribution in [2.24, 2.45) is 57.7 Å². The molecule has 4 aliphatic heterocycles. The number of ether oxygens (including phenoxy) is 2. The Morgan fingerprint density at radius 1 is 0.911 bits per heavy atom. The molecule has 7 nitrogen and oxygen atoms in total. The van der Waals surface area contributed by atoms with Crippen molar-refractivity contribution in [3.8, 4) is 0 Å². The van der Waals surface area contributed by atoms with Gasteiger partial charge in [0.15, 0.2) is 5.79 Å². The van der Waals surface area contributed by atoms with E-state index >= 15 is 0 Å². The summed E-state index contributed by atoms with van der Waals surface area (Å²) in [6.07, 6.45) is 12.3. The van der Waals surface area contributed by atoms with Crippen molar-refractivity contribution in [2.45, 2.75) is 116 Å². The normalized spacial score (nSPS) is 49.8. The van der Waals surface area contributed by atoms with Crippen molar-refractivity contribution in [2.75, 3.05) is 46.0 Å². The second-order valence-corrected chi connectivity index (χ2v) is 18.0. The van der Waals surface area contributed by atoms with E-state index < -0.39 is 0 Å². The molecule has 2 amide bonds. The zero-order valence-corrected chi connectivity index (χ0v) is 28.3. The number of halogens is 1. The van der Waals surface area contributed by atoms with E-state index in [9.17, 15) is 14.0 Å². The maximum absolute atomic E-state index is 13.0. The Labute approximate surface area is 270 Å². The van der Waals surface area contributed by atoms with Crippen molar-refractivity contribution >= 4 is 11.8 Å². The van der Waals surface area contributed by atoms with E-state index in [4.69, 9.17) is 9.47 Å². The van der Waals surface area contributed by atoms with Crippen LogP contribution in [0, 0.1) is 57.7 Å². The molecule has 8 heteroatoms. The van der Waals surface area contributed by atoms with E-state index in [1.165, 1.54) is 44.9 Å². The van der Waals surface area contributed by atoms with Crippen LogP contribution in [-0.2, 0) is 19.1 Å². The first-order valence-electron chi connectivity index (χ1n) is 18.6. The Balaban J connectivity index is 0.851. The van der Waals surface area contributed by atoms with E-state index in [0.717, 1.165) is 69.8 Å². The number of nitrogens with zero attached hydrogens (tertiary/aromatic N) is 2. The van der Waals surface area contributed by atoms with Crippen LogP contribution in [0.25, 0.3) is 0 Å². The molecule has 252 valence electrons. The number of hydrogen-bond acceptors (Lipinski definition) is 5. The zero-order valence-electron chi connectivity index (χ0n) is 28.3. The third kappa shape index (κ3) is 4.79. The highest BCUT2D eigenvalue weighted by Crippen LogP contribution is 2.71. The van der Waals surface area contributed by atoms with Gasteiger partial charge in [-0.15, -0.1) is 0 Å². The van der Waals surface area contributed by atoms with Gasteiger partial charge in [-0.25, -0.2) is 4.39 Å². The molecule has 0 radical (unpaired) electrons. The second-order valence-electron chi connectivity index (χ2n) is 18.0. The topological polar surface area (TPSA) is 71.1 Å². The fourth-order valence-corrected chi connectivity index (χ4v) is 13.3. The van der Waals surface area contributed by atoms with Gasteiger partial charge in [-0.1, -0.05) is 27.7 Å². The number of likely N-dealkylation sites (tertiary alicyclic amines) is 2. The highest BCUT2D eigenvalue weighted by atomic mass is 19.1. The lowest BCUT2D eigenvalue weighted by atomic mass is 9.44. The molecule has 2 spiro atoms. The van der Waals surface area contributed by atoms with Crippen molar-refractivity contribution in [3.05, 3.63) is 0 Å². The molecule has 4 saturated heterocycles. The molecule has 0 bridgehead atoms. The summed E-state index contributed by atoms with van der Waals surface area (Å²) in [6, 6.07) is 0.187. The van der Waals surface area contributed by atoms with Gasteiger partial charge in [0.2, 0.25) is 11.8 Å². The van der Waals surface area contributed by atoms with E-state index in [-0.39, 0.29) is 42.2 Å². The quantitative estimate of drug-likeness (QED) is 0.413. The van der Waals surface area contributed by atoms with Crippen LogP contribution in [-0.4, -0.2) is 85.6 Å². The predicted molar refractivity (Wildman–Crippen MR) is 170 cm³/mol. The molecule has 4 saturated carbocycles. The minimum Gasteiger partial charge on any atom is -0.353 e. The number of amides is 2. The number of hydrogen-bond donors (Lipinski definition) is 1. The number of rotatable bonds is 5. The fraction of sp³-hybridized carbons (Fsp3) is 0.946. The maximum Gasteiger partial charge on any atom is 0.232 e. The molecule has 45 heavy (non-hydrogen) atoms. The monoisotopic (exact) mass is 627 g/mol. The maximum atomic E-state index is 13.0. The van der Waals surface area contributed by atoms with Crippen LogP contribution in [0.5, 0.6) is 0 Å². The summed E-state index contributed by atoms with van der Waals surface area (Å²) in [5, 5.41) is 3.29. The van der Waals surface area contributed by atoms with Crippen LogP contribution >= 0.6 is 0 Å². The fourth-order valence-electron chi connectivity index (χ4n) is 13.3. The highest BCUT2D eigenvalue weighted by molar-refractivity contribution is 5.97. The summed E-state index contributed by atoms with van der Waals surface area (Å²) in [5.74, 6) is 4.19. The standard InChI is InChI=1S/C37H58FN3O4/c1-23-7-12-37(44-18-23)24(2)33-30(45-37)16-29-27-6-5-25-15-26(8-10-34(25,3)28(27)9-11-35(29,33)4)39-31(42)17-32(43)41-21-36(22-41)19-40(20-36)14-13-38/h23-30,33H,5-22H2,1-4H3,(H,39,42)/t23-,24+,25-,26?,27-,28?,29+,30+,33+,34+,35+,37-/m1/s1. The van der Waals surface area contributed by atoms with Crippen LogP contribution in [0.1, 0.15) is 98.3 Å². The van der Waals surface area contributed by atoms with E-state index in [0.29, 0.717) is 47.2 Å². The van der Waals surface area contributed by atoms with Gasteiger partial charge in [0.25, 0.3) is 0 Å². The summed E-state index contributed by atoms with van der Waals surface area (Å²) < 4.78 is 26.1. The lowest BCUT2D eigenvalue weighted by Gasteiger charge is -2.61. The SMILES string of the molecule is C[C@@H]1CC[C@@]2(OC1)O[C@H]1C[C@H]3[C@@H]4CC[C@@H]5CC(NC(=O)CC(=O)N6CC7(CN(CCF)C7)C6)CC[C@]5(C)C4CC[C@]3(C)[C@H]1[C@@H]2C. The molecule has 1 N–H and O–H groups in total. The van der Waals surface area contributed by atoms with Gasteiger partial charge >= 0.3 is 0 Å². The molecule has 8 rings (SSSR count). The molecule has 0 aromatic heterocycles. The van der Waals surface area contributed by atoms with Crippen molar-refractivity contribution < 1.29 is 23.5 Å². The van der Waals surface area contributed by atoms with Crippen molar-refractivity contribution in [3.63, 3.8) is 0 Å². The first-order chi connectivity index (χ1) is 21.5. The summed E-state index contributed by atoms with van der Waals surface area (Å²) in [6.45, 7) is 14.2. The molecular formula is C37H58FN3O4. The van der Waals surface area contributed by atoms with Gasteiger partial charge in [-0.3, -0.25) is 14.5 Å². The average Bonchev–Trinajstić information content (AvgIpc) is 3.40. The molecule has 2 unspecified atom stereocenters. The van der Waals surface area contributed by atoms with Gasteiger partial charge in [-0.05, 0) is 104 Å². The lowest BCUT2D eigenvalue weighted by molar-refractivity contribution is -0.273. The van der Waals surface area contributed by atoms with Gasteiger partial charge in [-0.2, -0.15) is 0 Å². The Morgan fingerprint density at radius 3 is 2.42 bits per heavy atom. The van der Waals surface area contributed by atoms with Crippen LogP contribution in [0.3, 0.4) is 0 Å². The molecule has 8 aliphatic rings. The molecule has 4 aliphatic carbocycles. The molecule has 4 heterocycles. The summed E-state index contributed by atoms with van der Waals surface area (Å²) in [5.41, 5.74) is 0.850. The van der Waals surface area contributed by atoms with E-state index in [2.05, 4.69) is 37.9 Å². The third-order valence-electron chi connectivity index (χ3n) is 15.5. The number of carbonyl (C=O) groups is 2. The predicted octanol–water partition coefficient (Wildman–Crippen LogP) is 5.42. The Hall–Kier alpha value is -1.25. The Kier molecular flexibility index (Phi) is 7.51. The first kappa shape index (κ1) is 31.0. The molecule has 0 aromatic carbocycles. The zero-order chi connectivity index (χ0) is 31.4. The summed E-state index contributed by atoms with van der Waals surface area (Å²) in [7, 11) is 0. The smallest absolute Gasteiger partial charge is 0.232 e. The first-order valence-corrected chi connectivity index (χ1v) is 18.6. The number of carbonyl (C=O) groups excluding carboxylic acids is 2. The summed E-state index contributed by atoms with van der Waals surface area (Å²) >= 11 is 0. The van der Waals surface area contributed by atoms with Crippen LogP contribution in [0.2, 0.25) is 0 Å².